The summed E-state index contributed by atoms with van der Waals surface area (Å²) in [6, 6.07) is 1.13. The van der Waals surface area contributed by atoms with Crippen molar-refractivity contribution in [1.29, 1.82) is 0 Å². The van der Waals surface area contributed by atoms with Crippen molar-refractivity contribution in [3.8, 4) is 0 Å². The van der Waals surface area contributed by atoms with Gasteiger partial charge in [0.05, 0.1) is 13.2 Å². The summed E-state index contributed by atoms with van der Waals surface area (Å²) in [5.41, 5.74) is 0.721. The van der Waals surface area contributed by atoms with E-state index in [0.717, 1.165) is 0 Å². The topological polar surface area (TPSA) is 108 Å². The molecular formula is C21H44O10Si3. The van der Waals surface area contributed by atoms with Gasteiger partial charge in [-0.25, -0.2) is 9.59 Å². The third kappa shape index (κ3) is 16.5. The van der Waals surface area contributed by atoms with Crippen LogP contribution in [0.25, 0.3) is 0 Å². The Morgan fingerprint density at radius 2 is 1.26 bits per heavy atom. The molecule has 0 aliphatic rings. The van der Waals surface area contributed by atoms with Crippen LogP contribution >= 0.6 is 0 Å². The van der Waals surface area contributed by atoms with E-state index in [2.05, 4.69) is 17.9 Å². The van der Waals surface area contributed by atoms with Gasteiger partial charge >= 0.3 is 38.6 Å². The van der Waals surface area contributed by atoms with Crippen molar-refractivity contribution in [2.75, 3.05) is 48.8 Å². The van der Waals surface area contributed by atoms with Crippen LogP contribution in [0.3, 0.4) is 0 Å². The van der Waals surface area contributed by atoms with Crippen molar-refractivity contribution in [3.05, 3.63) is 24.3 Å². The fraction of sp³-hybridized carbons (Fsp3) is 0.714. The number of ether oxygens (including phenoxy) is 3. The summed E-state index contributed by atoms with van der Waals surface area (Å²) in [6.07, 6.45) is 1.15. The Hall–Kier alpha value is -1.17. The van der Waals surface area contributed by atoms with Crippen LogP contribution in [0.15, 0.2) is 24.3 Å². The van der Waals surface area contributed by atoms with E-state index in [1.54, 1.807) is 49.4 Å². The van der Waals surface area contributed by atoms with Gasteiger partial charge in [-0.05, 0) is 45.8 Å². The van der Waals surface area contributed by atoms with Crippen LogP contribution in [0.4, 0.5) is 0 Å². The van der Waals surface area contributed by atoms with Gasteiger partial charge in [-0.15, -0.1) is 0 Å². The minimum atomic E-state index is -3.01. The molecule has 0 radical (unpaired) electrons. The molecule has 1 unspecified atom stereocenters. The summed E-state index contributed by atoms with van der Waals surface area (Å²) in [5, 5.41) is 0. The number of hydrogen-bond acceptors (Lipinski definition) is 10. The lowest BCUT2D eigenvalue weighted by Crippen LogP contribution is -2.55. The fourth-order valence-corrected chi connectivity index (χ4v) is 12.4. The van der Waals surface area contributed by atoms with Crippen molar-refractivity contribution >= 4 is 38.6 Å². The first-order chi connectivity index (χ1) is 15.8. The van der Waals surface area contributed by atoms with E-state index < -0.39 is 38.6 Å². The molecular weight excluding hydrogens is 496 g/mol. The highest BCUT2D eigenvalue weighted by atomic mass is 28.5. The number of methoxy groups -OCH3 is 1. The molecule has 0 aromatic carbocycles. The molecule has 0 aromatic heterocycles. The Morgan fingerprint density at radius 1 is 0.824 bits per heavy atom. The highest BCUT2D eigenvalue weighted by molar-refractivity contribution is 6.80. The molecule has 0 N–H and O–H groups in total. The van der Waals surface area contributed by atoms with E-state index >= 15 is 0 Å². The smallest absolute Gasteiger partial charge is 0.462 e. The lowest BCUT2D eigenvalue weighted by atomic mass is 10.4. The SMILES string of the molecule is C=C(C)C(=O)OCCC[SiH](OC)O[Si](C)(C)O[Si](CCCOC(=O)C(=C)C)(OC)OC.COC. The second-order valence-corrected chi connectivity index (χ2v) is 17.0. The van der Waals surface area contributed by atoms with E-state index in [0.29, 0.717) is 36.1 Å². The minimum absolute atomic E-state index is 0.220. The molecule has 0 aromatic rings. The van der Waals surface area contributed by atoms with Crippen LogP contribution in [0.2, 0.25) is 25.2 Å². The first-order valence-electron chi connectivity index (χ1n) is 10.9. The number of carbonyl (C=O) groups is 2. The minimum Gasteiger partial charge on any atom is -0.462 e. The quantitative estimate of drug-likeness (QED) is 0.118. The maximum Gasteiger partial charge on any atom is 0.491 e. The first kappa shape index (κ1) is 35.0. The Bertz CT molecular complexity index is 624. The Morgan fingerprint density at radius 3 is 1.65 bits per heavy atom. The standard InChI is InChI=1S/C19H38O9Si3.C2H6O/c1-16(2)18(20)25-12-10-14-29(22-5)27-30(8,9)28-31(23-6,24-7)15-11-13-26-19(21)17(3)4;1-3-2/h29H,1,3,10-15H2,2,4-9H3;1-2H3. The molecule has 0 bridgehead atoms. The molecule has 0 amide bonds. The van der Waals surface area contributed by atoms with Crippen LogP contribution in [-0.2, 0) is 45.3 Å². The molecule has 0 aliphatic heterocycles. The van der Waals surface area contributed by atoms with Gasteiger partial charge in [0.25, 0.3) is 0 Å². The van der Waals surface area contributed by atoms with Crippen molar-refractivity contribution in [3.63, 3.8) is 0 Å². The lowest BCUT2D eigenvalue weighted by Gasteiger charge is -2.36. The molecule has 13 heteroatoms. The summed E-state index contributed by atoms with van der Waals surface area (Å²) >= 11 is 0. The molecule has 0 saturated heterocycles. The van der Waals surface area contributed by atoms with Gasteiger partial charge in [-0.2, -0.15) is 0 Å². The number of rotatable bonds is 17. The summed E-state index contributed by atoms with van der Waals surface area (Å²) in [5.74, 6) is -0.830. The van der Waals surface area contributed by atoms with Gasteiger partial charge in [-0.3, -0.25) is 0 Å². The molecule has 0 spiro atoms. The molecule has 1 atom stereocenters. The molecule has 0 rings (SSSR count). The maximum absolute atomic E-state index is 11.5. The Balaban J connectivity index is 0. The van der Waals surface area contributed by atoms with Gasteiger partial charge in [-0.1, -0.05) is 13.2 Å². The average Bonchev–Trinajstić information content (AvgIpc) is 2.77. The summed E-state index contributed by atoms with van der Waals surface area (Å²) in [4.78, 5) is 23.0. The highest BCUT2D eigenvalue weighted by Gasteiger charge is 2.46. The van der Waals surface area contributed by atoms with Crippen LogP contribution in [-0.4, -0.2) is 87.4 Å². The van der Waals surface area contributed by atoms with E-state index in [1.807, 2.05) is 13.1 Å². The van der Waals surface area contributed by atoms with Crippen molar-refractivity contribution in [1.82, 2.24) is 0 Å². The largest absolute Gasteiger partial charge is 0.491 e. The number of carbonyl (C=O) groups excluding carboxylic acids is 2. The predicted molar refractivity (Wildman–Crippen MR) is 137 cm³/mol. The van der Waals surface area contributed by atoms with E-state index in [1.165, 1.54) is 0 Å². The molecule has 200 valence electrons. The monoisotopic (exact) mass is 540 g/mol. The van der Waals surface area contributed by atoms with E-state index in [4.69, 9.17) is 31.0 Å². The molecule has 0 fully saturated rings. The maximum atomic E-state index is 11.5. The van der Waals surface area contributed by atoms with Gasteiger partial charge in [0.1, 0.15) is 0 Å². The van der Waals surface area contributed by atoms with Crippen LogP contribution < -0.4 is 0 Å². The van der Waals surface area contributed by atoms with Crippen LogP contribution in [0.1, 0.15) is 26.7 Å². The second kappa shape index (κ2) is 19.1. The van der Waals surface area contributed by atoms with Crippen molar-refractivity contribution < 1.29 is 45.3 Å². The molecule has 34 heavy (non-hydrogen) atoms. The zero-order valence-electron chi connectivity index (χ0n) is 22.3. The fourth-order valence-electron chi connectivity index (χ4n) is 2.48. The Kier molecular flexibility index (Phi) is 19.6. The van der Waals surface area contributed by atoms with Gasteiger partial charge in [0.2, 0.25) is 0 Å². The van der Waals surface area contributed by atoms with E-state index in [9.17, 15) is 9.59 Å². The molecule has 0 heterocycles. The third-order valence-electron chi connectivity index (χ3n) is 4.08. The normalized spacial score (nSPS) is 12.3. The average molecular weight is 541 g/mol. The van der Waals surface area contributed by atoms with Crippen LogP contribution in [0.5, 0.6) is 0 Å². The van der Waals surface area contributed by atoms with Gasteiger partial charge in [0, 0.05) is 52.7 Å². The van der Waals surface area contributed by atoms with Crippen LogP contribution in [0, 0.1) is 0 Å². The zero-order chi connectivity index (χ0) is 26.8. The van der Waals surface area contributed by atoms with Gasteiger partial charge in [0.15, 0.2) is 0 Å². The summed E-state index contributed by atoms with van der Waals surface area (Å²) < 4.78 is 43.8. The number of hydrogen-bond donors (Lipinski definition) is 0. The highest BCUT2D eigenvalue weighted by Crippen LogP contribution is 2.24. The van der Waals surface area contributed by atoms with Crippen molar-refractivity contribution in [2.45, 2.75) is 51.9 Å². The Labute approximate surface area is 208 Å². The zero-order valence-corrected chi connectivity index (χ0v) is 25.5. The lowest BCUT2D eigenvalue weighted by molar-refractivity contribution is -0.139. The first-order valence-corrected chi connectivity index (χ1v) is 17.4. The second-order valence-electron chi connectivity index (χ2n) is 7.86. The molecule has 10 nitrogen and oxygen atoms in total. The van der Waals surface area contributed by atoms with Gasteiger partial charge < -0.3 is 35.7 Å². The predicted octanol–water partition coefficient (Wildman–Crippen LogP) is 3.10. The number of esters is 2. The summed E-state index contributed by atoms with van der Waals surface area (Å²) in [7, 11) is 0.229. The van der Waals surface area contributed by atoms with Crippen molar-refractivity contribution in [2.24, 2.45) is 0 Å². The summed E-state index contributed by atoms with van der Waals surface area (Å²) in [6.45, 7) is 14.6. The molecule has 0 saturated carbocycles. The molecule has 0 aliphatic carbocycles. The third-order valence-corrected chi connectivity index (χ3v) is 14.2. The van der Waals surface area contributed by atoms with E-state index in [-0.39, 0.29) is 13.2 Å².